The molecule has 3 unspecified atom stereocenters. The van der Waals surface area contributed by atoms with Gasteiger partial charge in [0, 0.05) is 281 Å². The average Bonchev–Trinajstić information content (AvgIpc) is 0.900. The minimum atomic E-state index is -2.79. The van der Waals surface area contributed by atoms with Gasteiger partial charge >= 0.3 is 0 Å². The third-order valence-electron chi connectivity index (χ3n) is 22.3. The first-order valence-electron chi connectivity index (χ1n) is 46.6. The molecule has 0 spiro atoms. The second-order valence-corrected chi connectivity index (χ2v) is 39.9. The molecule has 0 saturated carbocycles. The topological polar surface area (TPSA) is 400 Å². The predicted molar refractivity (Wildman–Crippen MR) is 494 cm³/mol. The number of hydrogen-bond acceptors (Lipinski definition) is 33. The smallest absolute Gasteiger partial charge is 0.219 e. The van der Waals surface area contributed by atoms with E-state index in [2.05, 4.69) is 123 Å². The highest BCUT2D eigenvalue weighted by Gasteiger charge is 2.25. The number of carbonyl (C=O) groups is 1. The van der Waals surface area contributed by atoms with E-state index in [9.17, 15) is 38.8 Å². The Labute approximate surface area is 739 Å². The molecule has 0 radical (unpaired) electrons. The van der Waals surface area contributed by atoms with Crippen LogP contribution in [0.4, 0.5) is 8.78 Å². The van der Waals surface area contributed by atoms with E-state index in [0.717, 1.165) is 248 Å². The second kappa shape index (κ2) is 79.0. The van der Waals surface area contributed by atoms with Crippen molar-refractivity contribution in [2.75, 3.05) is 390 Å². The van der Waals surface area contributed by atoms with Crippen LogP contribution in [0, 0.1) is 28.7 Å². The molecule has 34 nitrogen and oxygen atoms in total. The number of fused-ring (bicyclic) bond motifs is 1. The van der Waals surface area contributed by atoms with E-state index in [1.54, 1.807) is 18.9 Å². The van der Waals surface area contributed by atoms with Gasteiger partial charge in [-0.25, -0.2) is 34.0 Å². The van der Waals surface area contributed by atoms with Crippen molar-refractivity contribution in [1.82, 2.24) is 114 Å². The van der Waals surface area contributed by atoms with Crippen molar-refractivity contribution >= 4 is 35.4 Å². The number of aliphatic hydroxyl groups is 1. The van der Waals surface area contributed by atoms with E-state index in [1.165, 1.54) is 162 Å². The molecule has 16 aliphatic rings. The third-order valence-corrected chi connectivity index (χ3v) is 25.8. The van der Waals surface area contributed by atoms with Crippen LogP contribution >= 0.6 is 0 Å². The predicted octanol–water partition coefficient (Wildman–Crippen LogP) is -2.46. The number of amides is 1. The second-order valence-electron chi connectivity index (χ2n) is 33.1. The van der Waals surface area contributed by atoms with Gasteiger partial charge in [-0.2, -0.15) is 10.5 Å². The third kappa shape index (κ3) is 72.9. The molecule has 0 bridgehead atoms. The zero-order valence-electron chi connectivity index (χ0n) is 76.6. The zero-order chi connectivity index (χ0) is 88.9. The van der Waals surface area contributed by atoms with Gasteiger partial charge in [0.2, 0.25) is 5.91 Å². The molecule has 1 amide bonds. The minimum Gasteiger partial charge on any atom is -0.392 e. The van der Waals surface area contributed by atoms with Crippen LogP contribution in [0.5, 0.6) is 0 Å². The lowest BCUT2D eigenvalue weighted by molar-refractivity contribution is -0.129. The Balaban J connectivity index is 0.000000445. The Kier molecular flexibility index (Phi) is 74.6. The molecule has 0 aliphatic carbocycles. The van der Waals surface area contributed by atoms with Gasteiger partial charge in [0.15, 0.2) is 16.0 Å². The maximum atomic E-state index is 11.9. The first kappa shape index (κ1) is 115. The van der Waals surface area contributed by atoms with E-state index in [4.69, 9.17) is 25.1 Å². The van der Waals surface area contributed by atoms with Crippen molar-refractivity contribution in [3.63, 3.8) is 0 Å². The number of piperidine rings is 4. The molecule has 0 aromatic rings. The van der Waals surface area contributed by atoms with E-state index < -0.39 is 35.7 Å². The number of likely N-dealkylation sites (N-methyl/N-ethyl adjacent to an activating group) is 1. The highest BCUT2D eigenvalue weighted by molar-refractivity contribution is 7.91. The van der Waals surface area contributed by atoms with Crippen LogP contribution < -0.4 is 74.4 Å². The summed E-state index contributed by atoms with van der Waals surface area (Å²) in [5, 5.41) is 69.9. The van der Waals surface area contributed by atoms with Crippen LogP contribution in [0.1, 0.15) is 103 Å². The van der Waals surface area contributed by atoms with Gasteiger partial charge in [0.05, 0.1) is 55.0 Å². The molecule has 0 aromatic carbocycles. The summed E-state index contributed by atoms with van der Waals surface area (Å²) in [7, 11) is -4.29. The minimum absolute atomic E-state index is 0.0648. The monoisotopic (exact) mass is 1800 g/mol. The summed E-state index contributed by atoms with van der Waals surface area (Å²) in [6.45, 7) is 52.5. The number of hydrogen-bond donors (Lipinski definition) is 15. The summed E-state index contributed by atoms with van der Waals surface area (Å²) in [6, 6.07) is 3.14. The fourth-order valence-electron chi connectivity index (χ4n) is 14.3. The van der Waals surface area contributed by atoms with Crippen LogP contribution in [-0.4, -0.2) is 484 Å². The fraction of sp³-hybridized carbons (Fsp3) is 0.964. The molecule has 39 heteroatoms. The molecule has 16 aliphatic heterocycles. The highest BCUT2D eigenvalue weighted by atomic mass is 32.2. The molecule has 0 aromatic heterocycles. The number of nitrogens with one attached hydrogen (secondary N) is 14. The van der Waals surface area contributed by atoms with Crippen LogP contribution in [-0.2, 0) is 43.8 Å². The summed E-state index contributed by atoms with van der Waals surface area (Å²) in [5.74, 6) is 1.74. The number of rotatable bonds is 11. The van der Waals surface area contributed by atoms with Crippen LogP contribution in [0.25, 0.3) is 0 Å². The van der Waals surface area contributed by atoms with Crippen molar-refractivity contribution in [1.29, 1.82) is 10.5 Å². The molecule has 16 heterocycles. The lowest BCUT2D eigenvalue weighted by Crippen LogP contribution is -2.53. The van der Waals surface area contributed by atoms with Gasteiger partial charge in [-0.3, -0.25) is 24.4 Å². The number of ether oxygens (including phenoxy) is 2. The largest absolute Gasteiger partial charge is 0.392 e. The lowest BCUT2D eigenvalue weighted by Gasteiger charge is -2.39. The van der Waals surface area contributed by atoms with E-state index in [0.29, 0.717) is 62.3 Å². The van der Waals surface area contributed by atoms with E-state index in [-0.39, 0.29) is 24.4 Å². The van der Waals surface area contributed by atoms with Gasteiger partial charge in [0.1, 0.15) is 32.5 Å². The number of alkyl halides is 2. The number of β-amino-alcohol motifs (C(OH)–C–C–N with tert-alkyl or cyclic N) is 1. The van der Waals surface area contributed by atoms with Crippen molar-refractivity contribution in [3.8, 4) is 12.3 Å². The fourth-order valence-corrected chi connectivity index (χ4v) is 16.6. The SMILES string of the molecule is C1CCN2CCNCC2C1.C1CCNC1.C1CCNCC1.C1COCCN1.CC(=O)N1CCNCC1.CN1CCNCC1.COCCN1CCNCC1.CS(=O)(=O)CCN1CCCCC1.CS(=O)(=O)CCN1CCNCC1.FC1CCNC1.FCCN1CCNCC1.N#CC1CCNCC1.N#CN1CCNCC1.O=S1(=O)CCNCC1.OC1CCNC1. The van der Waals surface area contributed by atoms with Gasteiger partial charge in [0.25, 0.3) is 0 Å². The van der Waals surface area contributed by atoms with Crippen LogP contribution in [0.2, 0.25) is 0 Å². The summed E-state index contributed by atoms with van der Waals surface area (Å²) in [4.78, 5) is 28.3. The number of carbonyl (C=O) groups excluding carboxylic acids is 1. The highest BCUT2D eigenvalue weighted by Crippen LogP contribution is 2.17. The van der Waals surface area contributed by atoms with Crippen LogP contribution in [0.3, 0.4) is 0 Å². The first-order valence-corrected chi connectivity index (χ1v) is 52.5. The van der Waals surface area contributed by atoms with Crippen molar-refractivity contribution in [2.45, 2.75) is 122 Å². The number of sulfone groups is 3. The molecule has 16 saturated heterocycles. The Morgan fingerprint density at radius 2 is 0.852 bits per heavy atom. The zero-order valence-corrected chi connectivity index (χ0v) is 79.0. The number of likely N-dealkylation sites (tertiary alicyclic amines) is 1. The molecular formula is C83H176F2N24O10S3. The van der Waals surface area contributed by atoms with E-state index in [1.807, 2.05) is 4.90 Å². The molecule has 15 N–H and O–H groups in total. The quantitative estimate of drug-likeness (QED) is 0.0954. The number of methoxy groups -OCH3 is 1. The average molecular weight is 1800 g/mol. The van der Waals surface area contributed by atoms with Gasteiger partial charge in [-0.15, -0.1) is 0 Å². The molecule has 720 valence electrons. The molecule has 16 fully saturated rings. The van der Waals surface area contributed by atoms with Gasteiger partial charge < -0.3 is 109 Å². The summed E-state index contributed by atoms with van der Waals surface area (Å²) < 4.78 is 98.1. The summed E-state index contributed by atoms with van der Waals surface area (Å²) in [6.07, 6.45) is 22.8. The van der Waals surface area contributed by atoms with Gasteiger partial charge in [-0.1, -0.05) is 19.3 Å². The Morgan fingerprint density at radius 3 is 1.17 bits per heavy atom. The number of aliphatic hydroxyl groups excluding tert-OH is 1. The van der Waals surface area contributed by atoms with Crippen molar-refractivity contribution < 1.29 is 53.4 Å². The summed E-state index contributed by atoms with van der Waals surface area (Å²) >= 11 is 0. The molecular weight excluding hydrogens is 1630 g/mol. The number of morpholine rings is 1. The number of nitrogens with zero attached hydrogens (tertiary/aromatic N) is 10. The Bertz CT molecular complexity index is 2620. The maximum absolute atomic E-state index is 11.9. The van der Waals surface area contributed by atoms with Crippen molar-refractivity contribution in [3.05, 3.63) is 0 Å². The lowest BCUT2D eigenvalue weighted by atomic mass is 10.0. The standard InChI is InChI=1S/C8H16N2.C8H17NO2S.C7H16N2O2S.C7H16N2O.C6H13FN2.C6H12N2O.C6H10N2.C5H9N3.C5H12N2.C5H11N.C4H8FN.C4H9NO2S.2C4H9NO.C4H9N/c1-2-5-10-6-4-9-7-8(10)3-1;1-12(10,11)8-7-9-5-3-2-4-6-9;1-12(10,11)7-6-9-4-2-8-3-5-9;1-10-7-6-9-4-2-8-3-5-9;7-1-4-9-5-2-8-3-6-9;1-6(9)8-4-2-7-3-5-8;7-5-6-1-3-8-4-2-6;6-5-8-3-1-7-2-4-8;1-7-4-2-6-3-5-7;1-2-4-6-5-3-1;5-4-1-2-6-3-4;6-8(7)3-1-5-2-4-8;1-3-6-4-2-5-1;6-4-1-2-5-3-4;1-2-4-5-3-1/h8-9H,1-7H2;2-8H2,1H3;8H,2-7H2,1H3;8H,2-7H2,1H3;8H,1-6H2;7H,2-5H2,1H3;6,8H,1-4H2;7H,1-4H2;6H,2-5H2,1H3;6H,1-5H2;4,6H,1-3H2;5H,1-4H2;5H,1-4H2;4-6H,1-3H2;5H,1-4H2. The number of halogens is 2. The normalized spacial score (nSPS) is 24.7. The van der Waals surface area contributed by atoms with E-state index >= 15 is 0 Å². The molecule has 122 heavy (non-hydrogen) atoms. The maximum Gasteiger partial charge on any atom is 0.219 e. The van der Waals surface area contributed by atoms with Crippen LogP contribution in [0.15, 0.2) is 0 Å². The molecule has 16 rings (SSSR count). The molecule has 3 atom stereocenters. The summed E-state index contributed by atoms with van der Waals surface area (Å²) in [5.41, 5.74) is 0. The van der Waals surface area contributed by atoms with Gasteiger partial charge in [-0.05, 0) is 156 Å². The number of nitriles is 2. The number of piperazine rings is 7. The Hall–Kier alpha value is -2.96. The Morgan fingerprint density at radius 1 is 0.451 bits per heavy atom. The first-order chi connectivity index (χ1) is 59.0. The van der Waals surface area contributed by atoms with Crippen molar-refractivity contribution in [2.24, 2.45) is 5.92 Å².